The number of fused-ring (bicyclic) bond motifs is 1. The largest absolute Gasteiger partial charge is 0.383 e. The molecule has 1 aromatic rings. The molecule has 104 valence electrons. The smallest absolute Gasteiger partial charge is 0.234 e. The highest BCUT2D eigenvalue weighted by Gasteiger charge is 2.15. The van der Waals surface area contributed by atoms with Crippen LogP contribution in [-0.4, -0.2) is 17.7 Å². The lowest BCUT2D eigenvalue weighted by Crippen LogP contribution is -2.20. The van der Waals surface area contributed by atoms with Gasteiger partial charge >= 0.3 is 0 Å². The monoisotopic (exact) mass is 278 g/mol. The molecule has 0 aliphatic carbocycles. The van der Waals surface area contributed by atoms with Gasteiger partial charge in [0.25, 0.3) is 0 Å². The normalized spacial score (nSPS) is 15.9. The molecule has 1 unspecified atom stereocenters. The van der Waals surface area contributed by atoms with Crippen LogP contribution < -0.4 is 10.6 Å². The van der Waals surface area contributed by atoms with E-state index in [4.69, 9.17) is 0 Å². The average molecular weight is 278 g/mol. The fourth-order valence-corrected chi connectivity index (χ4v) is 2.90. The molecule has 0 spiro atoms. The van der Waals surface area contributed by atoms with Crippen molar-refractivity contribution in [1.82, 2.24) is 0 Å². The molecule has 1 aromatic carbocycles. The molecule has 0 bridgehead atoms. The fourth-order valence-electron chi connectivity index (χ4n) is 2.11. The van der Waals surface area contributed by atoms with Gasteiger partial charge in [-0.25, -0.2) is 0 Å². The Morgan fingerprint density at radius 3 is 2.84 bits per heavy atom. The Morgan fingerprint density at radius 2 is 2.11 bits per heavy atom. The van der Waals surface area contributed by atoms with E-state index in [0.29, 0.717) is 11.8 Å². The van der Waals surface area contributed by atoms with Gasteiger partial charge in [-0.15, -0.1) is 11.8 Å². The molecule has 1 heterocycles. The molecule has 0 fully saturated rings. The molecule has 0 aromatic heterocycles. The van der Waals surface area contributed by atoms with Gasteiger partial charge < -0.3 is 10.6 Å². The van der Waals surface area contributed by atoms with Gasteiger partial charge in [-0.3, -0.25) is 4.79 Å². The van der Waals surface area contributed by atoms with Gasteiger partial charge in [-0.1, -0.05) is 13.8 Å². The van der Waals surface area contributed by atoms with E-state index in [-0.39, 0.29) is 5.91 Å². The zero-order chi connectivity index (χ0) is 13.8. The van der Waals surface area contributed by atoms with E-state index in [1.807, 2.05) is 6.07 Å². The minimum absolute atomic E-state index is 0.0857. The fraction of sp³-hybridized carbons (Fsp3) is 0.533. The number of carbonyl (C=O) groups excluding carboxylic acids is 1. The maximum atomic E-state index is 11.4. The van der Waals surface area contributed by atoms with Gasteiger partial charge in [0, 0.05) is 16.6 Å². The highest BCUT2D eigenvalue weighted by Crippen LogP contribution is 2.33. The number of thioether (sulfide) groups is 1. The van der Waals surface area contributed by atoms with Crippen molar-refractivity contribution in [2.24, 2.45) is 5.92 Å². The van der Waals surface area contributed by atoms with E-state index in [1.54, 1.807) is 11.8 Å². The number of rotatable bonds is 5. The van der Waals surface area contributed by atoms with Gasteiger partial charge in [0.1, 0.15) is 0 Å². The van der Waals surface area contributed by atoms with E-state index in [9.17, 15) is 4.79 Å². The van der Waals surface area contributed by atoms with Crippen molar-refractivity contribution in [2.45, 2.75) is 44.6 Å². The number of benzene rings is 1. The second-order valence-corrected chi connectivity index (χ2v) is 6.58. The second-order valence-electron chi connectivity index (χ2n) is 5.56. The Hall–Kier alpha value is -1.16. The van der Waals surface area contributed by atoms with E-state index >= 15 is 0 Å². The van der Waals surface area contributed by atoms with Crippen molar-refractivity contribution in [3.63, 3.8) is 0 Å². The average Bonchev–Trinajstić information content (AvgIpc) is 2.36. The van der Waals surface area contributed by atoms with E-state index in [2.05, 4.69) is 43.5 Å². The number of nitrogens with one attached hydrogen (secondary N) is 2. The Bertz CT molecular complexity index is 459. The van der Waals surface area contributed by atoms with E-state index in [1.165, 1.54) is 6.42 Å². The summed E-state index contributed by atoms with van der Waals surface area (Å²) in [6, 6.07) is 6.66. The third-order valence-electron chi connectivity index (χ3n) is 3.20. The molecule has 2 rings (SSSR count). The summed E-state index contributed by atoms with van der Waals surface area (Å²) in [5, 5.41) is 6.43. The van der Waals surface area contributed by atoms with Crippen LogP contribution in [0.3, 0.4) is 0 Å². The highest BCUT2D eigenvalue weighted by molar-refractivity contribution is 8.00. The summed E-state index contributed by atoms with van der Waals surface area (Å²) in [7, 11) is 0. The predicted molar refractivity (Wildman–Crippen MR) is 83.0 cm³/mol. The Balaban J connectivity index is 1.97. The SMILES string of the molecule is CC(C)CCC(C)Nc1ccc2c(c1)NC(=O)CS2. The van der Waals surface area contributed by atoms with Crippen LogP contribution in [0.1, 0.15) is 33.6 Å². The van der Waals surface area contributed by atoms with Crippen LogP contribution >= 0.6 is 11.8 Å². The minimum Gasteiger partial charge on any atom is -0.383 e. The molecule has 0 radical (unpaired) electrons. The second kappa shape index (κ2) is 6.33. The van der Waals surface area contributed by atoms with Crippen molar-refractivity contribution in [3.05, 3.63) is 18.2 Å². The van der Waals surface area contributed by atoms with Crippen LogP contribution in [0.25, 0.3) is 0 Å². The highest BCUT2D eigenvalue weighted by atomic mass is 32.2. The van der Waals surface area contributed by atoms with Crippen LogP contribution in [-0.2, 0) is 4.79 Å². The molecule has 4 heteroatoms. The van der Waals surface area contributed by atoms with Crippen LogP contribution in [0.15, 0.2) is 23.1 Å². The first-order chi connectivity index (χ1) is 9.04. The van der Waals surface area contributed by atoms with Crippen LogP contribution in [0, 0.1) is 5.92 Å². The molecule has 2 N–H and O–H groups in total. The van der Waals surface area contributed by atoms with Gasteiger partial charge in [0.2, 0.25) is 5.91 Å². The first kappa shape index (κ1) is 14.3. The molecule has 3 nitrogen and oxygen atoms in total. The maximum Gasteiger partial charge on any atom is 0.234 e. The summed E-state index contributed by atoms with van der Waals surface area (Å²) in [5.41, 5.74) is 2.01. The number of anilines is 2. The van der Waals surface area contributed by atoms with Crippen molar-refractivity contribution in [3.8, 4) is 0 Å². The summed E-state index contributed by atoms with van der Waals surface area (Å²) in [5.74, 6) is 1.34. The summed E-state index contributed by atoms with van der Waals surface area (Å²) in [4.78, 5) is 12.5. The number of amides is 1. The third kappa shape index (κ3) is 4.16. The molecular formula is C15H22N2OS. The quantitative estimate of drug-likeness (QED) is 0.856. The molecule has 1 atom stereocenters. The minimum atomic E-state index is 0.0857. The van der Waals surface area contributed by atoms with Crippen LogP contribution in [0.4, 0.5) is 11.4 Å². The first-order valence-electron chi connectivity index (χ1n) is 6.88. The zero-order valence-electron chi connectivity index (χ0n) is 11.8. The molecule has 0 saturated heterocycles. The lowest BCUT2D eigenvalue weighted by molar-refractivity contribution is -0.113. The Labute approximate surface area is 119 Å². The van der Waals surface area contributed by atoms with E-state index in [0.717, 1.165) is 28.6 Å². The lowest BCUT2D eigenvalue weighted by atomic mass is 10.0. The summed E-state index contributed by atoms with van der Waals surface area (Å²) in [6.45, 7) is 6.70. The lowest BCUT2D eigenvalue weighted by Gasteiger charge is -2.20. The third-order valence-corrected chi connectivity index (χ3v) is 4.28. The summed E-state index contributed by atoms with van der Waals surface area (Å²) < 4.78 is 0. The summed E-state index contributed by atoms with van der Waals surface area (Å²) in [6.07, 6.45) is 2.39. The molecule has 0 saturated carbocycles. The maximum absolute atomic E-state index is 11.4. The molecule has 1 aliphatic heterocycles. The summed E-state index contributed by atoms with van der Waals surface area (Å²) >= 11 is 1.60. The van der Waals surface area contributed by atoms with Gasteiger partial charge in [-0.05, 0) is 43.9 Å². The van der Waals surface area contributed by atoms with Gasteiger partial charge in [0.15, 0.2) is 0 Å². The first-order valence-corrected chi connectivity index (χ1v) is 7.86. The Morgan fingerprint density at radius 1 is 1.32 bits per heavy atom. The standard InChI is InChI=1S/C15H22N2OS/c1-10(2)4-5-11(3)16-12-6-7-14-13(8-12)17-15(18)9-19-14/h6-8,10-11,16H,4-5,9H2,1-3H3,(H,17,18). The van der Waals surface area contributed by atoms with Gasteiger partial charge in [-0.2, -0.15) is 0 Å². The molecule has 19 heavy (non-hydrogen) atoms. The molecule has 1 aliphatic rings. The van der Waals surface area contributed by atoms with Crippen molar-refractivity contribution < 1.29 is 4.79 Å². The van der Waals surface area contributed by atoms with Crippen LogP contribution in [0.2, 0.25) is 0 Å². The van der Waals surface area contributed by atoms with Gasteiger partial charge in [0.05, 0.1) is 11.4 Å². The number of carbonyl (C=O) groups is 1. The van der Waals surface area contributed by atoms with Crippen LogP contribution in [0.5, 0.6) is 0 Å². The van der Waals surface area contributed by atoms with E-state index < -0.39 is 0 Å². The van der Waals surface area contributed by atoms with Crippen molar-refractivity contribution in [2.75, 3.05) is 16.4 Å². The Kier molecular flexibility index (Phi) is 4.75. The number of hydrogen-bond acceptors (Lipinski definition) is 3. The topological polar surface area (TPSA) is 41.1 Å². The zero-order valence-corrected chi connectivity index (χ0v) is 12.6. The van der Waals surface area contributed by atoms with Crippen molar-refractivity contribution in [1.29, 1.82) is 0 Å². The molecule has 1 amide bonds. The molecular weight excluding hydrogens is 256 g/mol. The predicted octanol–water partition coefficient (Wildman–Crippen LogP) is 3.97. The van der Waals surface area contributed by atoms with Crippen molar-refractivity contribution >= 4 is 29.0 Å². The number of hydrogen-bond donors (Lipinski definition) is 2.